The van der Waals surface area contributed by atoms with Gasteiger partial charge in [-0.25, -0.2) is 4.98 Å². The molecule has 5 rings (SSSR count). The number of thiazole rings is 1. The van der Waals surface area contributed by atoms with Gasteiger partial charge in [-0.1, -0.05) is 29.5 Å². The van der Waals surface area contributed by atoms with E-state index in [0.717, 1.165) is 60.3 Å². The minimum atomic E-state index is -0.374. The molecule has 8 heteroatoms. The molecule has 184 valence electrons. The second-order valence-electron chi connectivity index (χ2n) is 9.44. The van der Waals surface area contributed by atoms with Crippen LogP contribution in [0.15, 0.2) is 42.5 Å². The first kappa shape index (κ1) is 23.9. The van der Waals surface area contributed by atoms with Crippen LogP contribution < -0.4 is 9.80 Å². The molecule has 2 aliphatic rings. The molecule has 0 aliphatic carbocycles. The van der Waals surface area contributed by atoms with Gasteiger partial charge in [0.15, 0.2) is 5.13 Å². The van der Waals surface area contributed by atoms with Crippen molar-refractivity contribution in [1.82, 2.24) is 9.88 Å². The summed E-state index contributed by atoms with van der Waals surface area (Å²) in [4.78, 5) is 37.5. The van der Waals surface area contributed by atoms with Crippen molar-refractivity contribution in [2.24, 2.45) is 5.92 Å². The summed E-state index contributed by atoms with van der Waals surface area (Å²) in [6.07, 6.45) is 1.08. The maximum Gasteiger partial charge on any atom is 0.234 e. The molecule has 3 heterocycles. The summed E-state index contributed by atoms with van der Waals surface area (Å²) in [5.74, 6) is -0.383. The van der Waals surface area contributed by atoms with Crippen molar-refractivity contribution < 1.29 is 14.3 Å². The van der Waals surface area contributed by atoms with E-state index < -0.39 is 0 Å². The average molecular weight is 493 g/mol. The third-order valence-corrected chi connectivity index (χ3v) is 8.03. The van der Waals surface area contributed by atoms with Crippen molar-refractivity contribution in [1.29, 1.82) is 0 Å². The molecule has 2 aliphatic heterocycles. The van der Waals surface area contributed by atoms with Crippen molar-refractivity contribution in [3.05, 3.63) is 53.6 Å². The summed E-state index contributed by atoms with van der Waals surface area (Å²) in [5, 5.41) is 0.725. The van der Waals surface area contributed by atoms with Gasteiger partial charge in [0.1, 0.15) is 0 Å². The van der Waals surface area contributed by atoms with Crippen LogP contribution in [-0.2, 0) is 14.3 Å². The fourth-order valence-corrected chi connectivity index (χ4v) is 5.89. The van der Waals surface area contributed by atoms with E-state index in [9.17, 15) is 9.59 Å². The van der Waals surface area contributed by atoms with Gasteiger partial charge in [0.05, 0.1) is 29.3 Å². The first-order valence-corrected chi connectivity index (χ1v) is 13.2. The van der Waals surface area contributed by atoms with Gasteiger partial charge >= 0.3 is 0 Å². The van der Waals surface area contributed by atoms with Crippen LogP contribution >= 0.6 is 11.3 Å². The molecular formula is C27H32N4O3S. The molecule has 0 saturated carbocycles. The van der Waals surface area contributed by atoms with E-state index in [2.05, 4.69) is 30.9 Å². The number of hydrogen-bond donors (Lipinski definition) is 0. The quantitative estimate of drug-likeness (QED) is 0.498. The van der Waals surface area contributed by atoms with Crippen LogP contribution in [-0.4, -0.2) is 67.6 Å². The lowest BCUT2D eigenvalue weighted by Gasteiger charge is -2.28. The van der Waals surface area contributed by atoms with Gasteiger partial charge in [-0.15, -0.1) is 0 Å². The van der Waals surface area contributed by atoms with Crippen molar-refractivity contribution in [3.8, 4) is 0 Å². The maximum atomic E-state index is 13.8. The number of aromatic nitrogens is 1. The molecule has 2 fully saturated rings. The summed E-state index contributed by atoms with van der Waals surface area (Å²) in [6, 6.07) is 13.9. The molecule has 0 N–H and O–H groups in total. The molecule has 0 radical (unpaired) electrons. The molecular weight excluding hydrogens is 460 g/mol. The number of anilines is 2. The smallest absolute Gasteiger partial charge is 0.234 e. The Kier molecular flexibility index (Phi) is 7.13. The van der Waals surface area contributed by atoms with Gasteiger partial charge < -0.3 is 9.64 Å². The first-order chi connectivity index (χ1) is 17.0. The zero-order valence-corrected chi connectivity index (χ0v) is 21.2. The SMILES string of the molecule is Cc1cc2nc(N(CCCN3CCOCC3)C(=O)C3CC(=O)N(c4ccccc4)C3)sc2cc1C. The molecule has 35 heavy (non-hydrogen) atoms. The minimum absolute atomic E-state index is 0.00151. The number of nitrogens with zero attached hydrogens (tertiary/aromatic N) is 4. The highest BCUT2D eigenvalue weighted by atomic mass is 32.1. The maximum absolute atomic E-state index is 13.8. The average Bonchev–Trinajstić information content (AvgIpc) is 3.46. The van der Waals surface area contributed by atoms with Gasteiger partial charge in [-0.3, -0.25) is 19.4 Å². The minimum Gasteiger partial charge on any atom is -0.379 e. The van der Waals surface area contributed by atoms with Crippen molar-refractivity contribution in [3.63, 3.8) is 0 Å². The van der Waals surface area contributed by atoms with Crippen molar-refractivity contribution in [2.75, 3.05) is 55.7 Å². The molecule has 7 nitrogen and oxygen atoms in total. The molecule has 0 bridgehead atoms. The number of hydrogen-bond acceptors (Lipinski definition) is 6. The topological polar surface area (TPSA) is 66.0 Å². The van der Waals surface area contributed by atoms with Crippen LogP contribution in [0.2, 0.25) is 0 Å². The Hall–Kier alpha value is -2.81. The van der Waals surface area contributed by atoms with E-state index in [1.165, 1.54) is 11.1 Å². The third kappa shape index (κ3) is 5.24. The summed E-state index contributed by atoms with van der Waals surface area (Å²) >= 11 is 1.56. The molecule has 1 aromatic heterocycles. The zero-order valence-electron chi connectivity index (χ0n) is 20.4. The number of ether oxygens (including phenoxy) is 1. The Balaban J connectivity index is 1.37. The summed E-state index contributed by atoms with van der Waals surface area (Å²) in [5.41, 5.74) is 4.18. The number of benzene rings is 2. The fraction of sp³-hybridized carbons (Fsp3) is 0.444. The van der Waals surface area contributed by atoms with Crippen LogP contribution in [0.3, 0.4) is 0 Å². The highest BCUT2D eigenvalue weighted by Gasteiger charge is 2.38. The number of fused-ring (bicyclic) bond motifs is 1. The lowest BCUT2D eigenvalue weighted by Crippen LogP contribution is -2.41. The van der Waals surface area contributed by atoms with E-state index in [4.69, 9.17) is 9.72 Å². The van der Waals surface area contributed by atoms with Gasteiger partial charge in [-0.2, -0.15) is 0 Å². The molecule has 0 spiro atoms. The molecule has 2 saturated heterocycles. The molecule has 2 amide bonds. The number of para-hydroxylation sites is 1. The van der Waals surface area contributed by atoms with Crippen LogP contribution in [0.1, 0.15) is 24.0 Å². The molecule has 3 aromatic rings. The van der Waals surface area contributed by atoms with Crippen molar-refractivity contribution in [2.45, 2.75) is 26.7 Å². The number of amides is 2. The lowest BCUT2D eigenvalue weighted by atomic mass is 10.1. The van der Waals surface area contributed by atoms with Gasteiger partial charge in [-0.05, 0) is 55.7 Å². The first-order valence-electron chi connectivity index (χ1n) is 12.3. The van der Waals surface area contributed by atoms with Gasteiger partial charge in [0, 0.05) is 44.8 Å². The van der Waals surface area contributed by atoms with Crippen LogP contribution in [0.5, 0.6) is 0 Å². The van der Waals surface area contributed by atoms with Crippen molar-refractivity contribution >= 4 is 44.2 Å². The number of morpholine rings is 1. The Morgan fingerprint density at radius 2 is 1.89 bits per heavy atom. The molecule has 1 atom stereocenters. The monoisotopic (exact) mass is 492 g/mol. The van der Waals surface area contributed by atoms with E-state index in [1.54, 1.807) is 16.2 Å². The predicted octanol–water partition coefficient (Wildman–Crippen LogP) is 4.02. The van der Waals surface area contributed by atoms with Crippen LogP contribution in [0.25, 0.3) is 10.2 Å². The number of carbonyl (C=O) groups excluding carboxylic acids is 2. The third-order valence-electron chi connectivity index (χ3n) is 6.99. The fourth-order valence-electron chi connectivity index (χ4n) is 4.81. The van der Waals surface area contributed by atoms with Crippen LogP contribution in [0, 0.1) is 19.8 Å². The number of rotatable bonds is 7. The van der Waals surface area contributed by atoms with E-state index >= 15 is 0 Å². The Labute approximate surface area is 210 Å². The van der Waals surface area contributed by atoms with Crippen LogP contribution in [0.4, 0.5) is 10.8 Å². The number of carbonyl (C=O) groups is 2. The Bertz CT molecular complexity index is 1170. The van der Waals surface area contributed by atoms with E-state index in [0.29, 0.717) is 13.1 Å². The Morgan fingerprint density at radius 1 is 1.14 bits per heavy atom. The summed E-state index contributed by atoms with van der Waals surface area (Å²) < 4.78 is 6.55. The zero-order chi connectivity index (χ0) is 24.4. The molecule has 1 unspecified atom stereocenters. The Morgan fingerprint density at radius 3 is 2.66 bits per heavy atom. The number of aryl methyl sites for hydroxylation is 2. The summed E-state index contributed by atoms with van der Waals surface area (Å²) in [6.45, 7) is 9.47. The van der Waals surface area contributed by atoms with Gasteiger partial charge in [0.25, 0.3) is 0 Å². The normalized spacial score (nSPS) is 19.0. The summed E-state index contributed by atoms with van der Waals surface area (Å²) in [7, 11) is 0. The highest BCUT2D eigenvalue weighted by molar-refractivity contribution is 7.22. The predicted molar refractivity (Wildman–Crippen MR) is 140 cm³/mol. The second-order valence-corrected chi connectivity index (χ2v) is 10.4. The highest BCUT2D eigenvalue weighted by Crippen LogP contribution is 2.33. The lowest BCUT2D eigenvalue weighted by molar-refractivity contribution is -0.124. The van der Waals surface area contributed by atoms with E-state index in [1.807, 2.05) is 35.2 Å². The van der Waals surface area contributed by atoms with Gasteiger partial charge in [0.2, 0.25) is 11.8 Å². The van der Waals surface area contributed by atoms with E-state index in [-0.39, 0.29) is 24.2 Å². The second kappa shape index (κ2) is 10.4. The standard InChI is InChI=1S/C27H32N4O3S/c1-19-15-23-24(16-20(19)2)35-27(28-23)30(10-6-9-29-11-13-34-14-12-29)26(33)21-17-25(32)31(18-21)22-7-4-3-5-8-22/h3-5,7-8,15-16,21H,6,9-14,17-18H2,1-2H3. The largest absolute Gasteiger partial charge is 0.379 e. The molecule has 2 aromatic carbocycles.